The number of hydrogen-bond donors (Lipinski definition) is 0. The highest BCUT2D eigenvalue weighted by Crippen LogP contribution is 2.25. The van der Waals surface area contributed by atoms with Crippen LogP contribution in [0, 0.1) is 5.92 Å². The van der Waals surface area contributed by atoms with E-state index in [9.17, 15) is 9.59 Å². The van der Waals surface area contributed by atoms with E-state index in [0.717, 1.165) is 12.2 Å². The van der Waals surface area contributed by atoms with Crippen LogP contribution in [0.4, 0.5) is 5.95 Å². The molecule has 0 radical (unpaired) electrons. The average Bonchev–Trinajstić information content (AvgIpc) is 2.89. The maximum absolute atomic E-state index is 12.0. The third-order valence-corrected chi connectivity index (χ3v) is 4.17. The van der Waals surface area contributed by atoms with Crippen LogP contribution in [-0.2, 0) is 23.1 Å². The Morgan fingerprint density at radius 2 is 2.26 bits per heavy atom. The van der Waals surface area contributed by atoms with E-state index in [1.807, 2.05) is 14.0 Å². The van der Waals surface area contributed by atoms with E-state index < -0.39 is 0 Å². The minimum atomic E-state index is 0.0439. The first-order valence-corrected chi connectivity index (χ1v) is 7.33. The molecule has 1 aliphatic heterocycles. The lowest BCUT2D eigenvalue weighted by Crippen LogP contribution is -2.26. The summed E-state index contributed by atoms with van der Waals surface area (Å²) in [5.41, 5.74) is 0. The summed E-state index contributed by atoms with van der Waals surface area (Å²) < 4.78 is 1.71. The van der Waals surface area contributed by atoms with Crippen LogP contribution in [0.1, 0.15) is 26.1 Å². The smallest absolute Gasteiger partial charge is 0.251 e. The molecule has 19 heavy (non-hydrogen) atoms. The van der Waals surface area contributed by atoms with Crippen molar-refractivity contribution in [1.29, 1.82) is 0 Å². The number of aryl methyl sites for hydroxylation is 2. The molecule has 1 aromatic heterocycles. The molecule has 1 aliphatic rings. The molecule has 1 saturated heterocycles. The van der Waals surface area contributed by atoms with Crippen molar-refractivity contribution in [3.8, 4) is 0 Å². The van der Waals surface area contributed by atoms with Crippen molar-refractivity contribution in [1.82, 2.24) is 14.8 Å². The molecule has 0 spiro atoms. The Morgan fingerprint density at radius 1 is 1.53 bits per heavy atom. The van der Waals surface area contributed by atoms with Crippen molar-refractivity contribution in [2.75, 3.05) is 17.2 Å². The van der Waals surface area contributed by atoms with Crippen molar-refractivity contribution >= 4 is 28.7 Å². The molecule has 1 amide bonds. The molecule has 1 aromatic rings. The minimum absolute atomic E-state index is 0.0439. The molecule has 6 nitrogen and oxygen atoms in total. The fourth-order valence-corrected chi connectivity index (χ4v) is 2.84. The first-order chi connectivity index (χ1) is 9.01. The summed E-state index contributed by atoms with van der Waals surface area (Å²) in [5.74, 6) is 2.28. The van der Waals surface area contributed by atoms with Crippen molar-refractivity contribution in [2.24, 2.45) is 13.0 Å². The third-order valence-electron chi connectivity index (χ3n) is 3.13. The van der Waals surface area contributed by atoms with Crippen LogP contribution < -0.4 is 4.90 Å². The lowest BCUT2D eigenvalue weighted by atomic mass is 10.1. The van der Waals surface area contributed by atoms with Gasteiger partial charge < -0.3 is 0 Å². The van der Waals surface area contributed by atoms with Gasteiger partial charge in [0.25, 0.3) is 5.95 Å². The first-order valence-electron chi connectivity index (χ1n) is 6.35. The summed E-state index contributed by atoms with van der Waals surface area (Å²) in [4.78, 5) is 28.9. The highest BCUT2D eigenvalue weighted by molar-refractivity contribution is 8.13. The molecule has 0 saturated carbocycles. The fourth-order valence-electron chi connectivity index (χ4n) is 2.15. The Morgan fingerprint density at radius 3 is 2.84 bits per heavy atom. The molecule has 1 atom stereocenters. The summed E-state index contributed by atoms with van der Waals surface area (Å²) in [7, 11) is 1.83. The number of aromatic nitrogens is 3. The molecule has 1 fully saturated rings. The number of hydrogen-bond acceptors (Lipinski definition) is 5. The summed E-state index contributed by atoms with van der Waals surface area (Å²) in [5, 5.41) is 4.37. The van der Waals surface area contributed by atoms with E-state index in [1.54, 1.807) is 16.5 Å². The topological polar surface area (TPSA) is 68.1 Å². The van der Waals surface area contributed by atoms with Gasteiger partial charge in [0.2, 0.25) is 5.91 Å². The van der Waals surface area contributed by atoms with Gasteiger partial charge in [-0.3, -0.25) is 19.2 Å². The van der Waals surface area contributed by atoms with Gasteiger partial charge in [-0.25, -0.2) is 0 Å². The number of anilines is 1. The van der Waals surface area contributed by atoms with Gasteiger partial charge in [0.1, 0.15) is 5.82 Å². The summed E-state index contributed by atoms with van der Waals surface area (Å²) in [6.45, 7) is 4.16. The number of amides is 1. The van der Waals surface area contributed by atoms with E-state index in [1.165, 1.54) is 11.8 Å². The Hall–Kier alpha value is -1.37. The second-order valence-electron chi connectivity index (χ2n) is 4.68. The van der Waals surface area contributed by atoms with Gasteiger partial charge in [0.05, 0.1) is 0 Å². The Balaban J connectivity index is 2.04. The van der Waals surface area contributed by atoms with Crippen LogP contribution in [-0.4, -0.2) is 38.1 Å². The van der Waals surface area contributed by atoms with Crippen LogP contribution >= 0.6 is 11.8 Å². The SMILES string of the molecule is CCc1nc(N2CC(CSC(C)=O)CC2=O)nn1C. The van der Waals surface area contributed by atoms with Crippen LogP contribution in [0.5, 0.6) is 0 Å². The number of carbonyl (C=O) groups is 2. The monoisotopic (exact) mass is 282 g/mol. The van der Waals surface area contributed by atoms with Crippen molar-refractivity contribution in [3.63, 3.8) is 0 Å². The van der Waals surface area contributed by atoms with E-state index in [2.05, 4.69) is 10.1 Å². The third kappa shape index (κ3) is 3.15. The Labute approximate surface area is 116 Å². The largest absolute Gasteiger partial charge is 0.288 e. The van der Waals surface area contributed by atoms with Crippen molar-refractivity contribution < 1.29 is 9.59 Å². The highest BCUT2D eigenvalue weighted by Gasteiger charge is 2.33. The maximum Gasteiger partial charge on any atom is 0.251 e. The quantitative estimate of drug-likeness (QED) is 0.824. The zero-order valence-electron chi connectivity index (χ0n) is 11.4. The first kappa shape index (κ1) is 14.0. The lowest BCUT2D eigenvalue weighted by Gasteiger charge is -2.11. The molecular formula is C12H18N4O2S. The normalized spacial score (nSPS) is 19.2. The van der Waals surface area contributed by atoms with Gasteiger partial charge in [0.15, 0.2) is 5.12 Å². The van der Waals surface area contributed by atoms with Crippen LogP contribution in [0.25, 0.3) is 0 Å². The fraction of sp³-hybridized carbons (Fsp3) is 0.667. The lowest BCUT2D eigenvalue weighted by molar-refractivity contribution is -0.117. The van der Waals surface area contributed by atoms with Crippen LogP contribution in [0.2, 0.25) is 0 Å². The predicted molar refractivity (Wildman–Crippen MR) is 74.0 cm³/mol. The van der Waals surface area contributed by atoms with E-state index >= 15 is 0 Å². The van der Waals surface area contributed by atoms with E-state index in [4.69, 9.17) is 0 Å². The number of thioether (sulfide) groups is 1. The standard InChI is InChI=1S/C12H18N4O2S/c1-4-10-13-12(14-15(10)3)16-6-9(5-11(16)18)7-19-8(2)17/h9H,4-7H2,1-3H3. The number of nitrogens with zero attached hydrogens (tertiary/aromatic N) is 4. The van der Waals surface area contributed by atoms with Gasteiger partial charge in [-0.15, -0.1) is 5.10 Å². The number of rotatable bonds is 4. The Bertz CT molecular complexity index is 500. The molecule has 0 N–H and O–H groups in total. The van der Waals surface area contributed by atoms with E-state index in [0.29, 0.717) is 24.7 Å². The Kier molecular flexibility index (Phi) is 4.24. The average molecular weight is 282 g/mol. The molecule has 104 valence electrons. The second-order valence-corrected chi connectivity index (χ2v) is 5.88. The molecule has 1 unspecified atom stereocenters. The summed E-state index contributed by atoms with van der Waals surface area (Å²) in [6, 6.07) is 0. The van der Waals surface area contributed by atoms with Crippen molar-refractivity contribution in [2.45, 2.75) is 26.7 Å². The second kappa shape index (κ2) is 5.73. The van der Waals surface area contributed by atoms with Gasteiger partial charge >= 0.3 is 0 Å². The molecule has 0 aliphatic carbocycles. The molecule has 0 aromatic carbocycles. The van der Waals surface area contributed by atoms with Crippen LogP contribution in [0.3, 0.4) is 0 Å². The van der Waals surface area contributed by atoms with Gasteiger partial charge in [0, 0.05) is 39.1 Å². The molecule has 0 bridgehead atoms. The zero-order valence-corrected chi connectivity index (χ0v) is 12.2. The minimum Gasteiger partial charge on any atom is -0.288 e. The molecular weight excluding hydrogens is 264 g/mol. The highest BCUT2D eigenvalue weighted by atomic mass is 32.2. The van der Waals surface area contributed by atoms with Gasteiger partial charge in [-0.05, 0) is 5.92 Å². The van der Waals surface area contributed by atoms with Gasteiger partial charge in [-0.2, -0.15) is 4.98 Å². The molecule has 2 heterocycles. The van der Waals surface area contributed by atoms with Crippen molar-refractivity contribution in [3.05, 3.63) is 5.82 Å². The number of carbonyl (C=O) groups excluding carboxylic acids is 2. The summed E-state index contributed by atoms with van der Waals surface area (Å²) in [6.07, 6.45) is 1.26. The molecule has 2 rings (SSSR count). The predicted octanol–water partition coefficient (Wildman–Crippen LogP) is 1.01. The van der Waals surface area contributed by atoms with Crippen LogP contribution in [0.15, 0.2) is 0 Å². The van der Waals surface area contributed by atoms with E-state index in [-0.39, 0.29) is 16.9 Å². The zero-order chi connectivity index (χ0) is 14.0. The molecule has 7 heteroatoms. The maximum atomic E-state index is 12.0. The van der Waals surface area contributed by atoms with Gasteiger partial charge in [-0.1, -0.05) is 18.7 Å². The summed E-state index contributed by atoms with van der Waals surface area (Å²) >= 11 is 1.28.